The molecule has 0 aliphatic heterocycles. The van der Waals surface area contributed by atoms with Crippen LogP contribution in [-0.4, -0.2) is 9.91 Å². The predicted molar refractivity (Wildman–Crippen MR) is 77.1 cm³/mol. The standard InChI is InChI=1S/C13H12BrN3O2/c1-9-4-5-15-8-12(9)16-7-10-2-3-11(14)6-13(10)17(18)19/h2-6,8,16H,7H2,1H3. The van der Waals surface area contributed by atoms with Crippen molar-refractivity contribution in [2.75, 3.05) is 5.32 Å². The first-order chi connectivity index (χ1) is 9.08. The lowest BCUT2D eigenvalue weighted by Gasteiger charge is -2.09. The van der Waals surface area contributed by atoms with E-state index in [9.17, 15) is 10.1 Å². The van der Waals surface area contributed by atoms with Gasteiger partial charge in [-0.1, -0.05) is 15.9 Å². The second-order valence-electron chi connectivity index (χ2n) is 4.07. The van der Waals surface area contributed by atoms with E-state index in [0.29, 0.717) is 16.6 Å². The summed E-state index contributed by atoms with van der Waals surface area (Å²) >= 11 is 3.24. The summed E-state index contributed by atoms with van der Waals surface area (Å²) < 4.78 is 0.695. The van der Waals surface area contributed by atoms with Crippen LogP contribution in [0.3, 0.4) is 0 Å². The van der Waals surface area contributed by atoms with Crippen molar-refractivity contribution in [1.82, 2.24) is 4.98 Å². The maximum absolute atomic E-state index is 11.0. The molecular formula is C13H12BrN3O2. The van der Waals surface area contributed by atoms with E-state index in [1.54, 1.807) is 24.5 Å². The molecule has 1 aromatic carbocycles. The highest BCUT2D eigenvalue weighted by Crippen LogP contribution is 2.24. The summed E-state index contributed by atoms with van der Waals surface area (Å²) in [6, 6.07) is 6.92. The fourth-order valence-electron chi connectivity index (χ4n) is 1.70. The molecule has 5 nitrogen and oxygen atoms in total. The summed E-state index contributed by atoms with van der Waals surface area (Å²) in [6.45, 7) is 2.34. The fourth-order valence-corrected chi connectivity index (χ4v) is 2.04. The van der Waals surface area contributed by atoms with Gasteiger partial charge in [-0.05, 0) is 30.7 Å². The third-order valence-corrected chi connectivity index (χ3v) is 3.25. The number of hydrogen-bond acceptors (Lipinski definition) is 4. The molecule has 1 aromatic heterocycles. The van der Waals surface area contributed by atoms with Crippen molar-refractivity contribution in [3.05, 3.63) is 62.4 Å². The van der Waals surface area contributed by atoms with Crippen molar-refractivity contribution in [3.8, 4) is 0 Å². The van der Waals surface area contributed by atoms with Crippen molar-refractivity contribution in [3.63, 3.8) is 0 Å². The van der Waals surface area contributed by atoms with E-state index >= 15 is 0 Å². The van der Waals surface area contributed by atoms with Gasteiger partial charge < -0.3 is 5.32 Å². The maximum Gasteiger partial charge on any atom is 0.275 e. The predicted octanol–water partition coefficient (Wildman–Crippen LogP) is 3.67. The van der Waals surface area contributed by atoms with Crippen LogP contribution in [0.5, 0.6) is 0 Å². The number of hydrogen-bond donors (Lipinski definition) is 1. The Balaban J connectivity index is 2.20. The van der Waals surface area contributed by atoms with Gasteiger partial charge in [-0.25, -0.2) is 0 Å². The van der Waals surface area contributed by atoms with Crippen LogP contribution in [0.1, 0.15) is 11.1 Å². The lowest BCUT2D eigenvalue weighted by atomic mass is 10.1. The molecule has 2 aromatic rings. The number of pyridine rings is 1. The van der Waals surface area contributed by atoms with E-state index in [-0.39, 0.29) is 10.6 Å². The minimum absolute atomic E-state index is 0.100. The second kappa shape index (κ2) is 5.79. The number of benzene rings is 1. The van der Waals surface area contributed by atoms with Gasteiger partial charge in [-0.15, -0.1) is 0 Å². The smallest absolute Gasteiger partial charge is 0.275 e. The first kappa shape index (κ1) is 13.5. The number of aryl methyl sites for hydroxylation is 1. The van der Waals surface area contributed by atoms with Gasteiger partial charge in [0.2, 0.25) is 0 Å². The van der Waals surface area contributed by atoms with Crippen LogP contribution >= 0.6 is 15.9 Å². The summed E-state index contributed by atoms with van der Waals surface area (Å²) in [5.74, 6) is 0. The Hall–Kier alpha value is -1.95. The third kappa shape index (κ3) is 3.29. The average molecular weight is 322 g/mol. The summed E-state index contributed by atoms with van der Waals surface area (Å²) in [6.07, 6.45) is 3.42. The largest absolute Gasteiger partial charge is 0.379 e. The molecule has 1 heterocycles. The Morgan fingerprint density at radius 1 is 1.42 bits per heavy atom. The van der Waals surface area contributed by atoms with Crippen molar-refractivity contribution in [1.29, 1.82) is 0 Å². The Morgan fingerprint density at radius 3 is 2.89 bits per heavy atom. The van der Waals surface area contributed by atoms with E-state index in [0.717, 1.165) is 11.3 Å². The number of nitro benzene ring substituents is 1. The van der Waals surface area contributed by atoms with Crippen LogP contribution in [0.4, 0.5) is 11.4 Å². The average Bonchev–Trinajstić information content (AvgIpc) is 2.38. The van der Waals surface area contributed by atoms with Crippen LogP contribution in [0.2, 0.25) is 0 Å². The van der Waals surface area contributed by atoms with E-state index < -0.39 is 0 Å². The molecule has 0 aliphatic rings. The quantitative estimate of drug-likeness (QED) is 0.689. The molecule has 0 unspecified atom stereocenters. The van der Waals surface area contributed by atoms with Crippen molar-refractivity contribution in [2.24, 2.45) is 0 Å². The molecule has 0 saturated carbocycles. The molecule has 2 rings (SSSR count). The molecule has 0 atom stereocenters. The Labute approximate surface area is 119 Å². The van der Waals surface area contributed by atoms with Gasteiger partial charge in [-0.2, -0.15) is 0 Å². The highest BCUT2D eigenvalue weighted by molar-refractivity contribution is 9.10. The molecule has 0 spiro atoms. The molecular weight excluding hydrogens is 310 g/mol. The number of nitrogens with one attached hydrogen (secondary N) is 1. The Bertz CT molecular complexity index is 617. The molecule has 0 bridgehead atoms. The normalized spacial score (nSPS) is 10.2. The molecule has 19 heavy (non-hydrogen) atoms. The minimum Gasteiger partial charge on any atom is -0.379 e. The second-order valence-corrected chi connectivity index (χ2v) is 4.99. The molecule has 0 saturated heterocycles. The monoisotopic (exact) mass is 321 g/mol. The van der Waals surface area contributed by atoms with Crippen LogP contribution < -0.4 is 5.32 Å². The summed E-state index contributed by atoms with van der Waals surface area (Å²) in [7, 11) is 0. The first-order valence-electron chi connectivity index (χ1n) is 5.65. The fraction of sp³-hybridized carbons (Fsp3) is 0.154. The van der Waals surface area contributed by atoms with Gasteiger partial charge >= 0.3 is 0 Å². The summed E-state index contributed by atoms with van der Waals surface area (Å²) in [5.41, 5.74) is 2.66. The lowest BCUT2D eigenvalue weighted by Crippen LogP contribution is -2.04. The van der Waals surface area contributed by atoms with Gasteiger partial charge in [0.15, 0.2) is 0 Å². The summed E-state index contributed by atoms with van der Waals surface area (Å²) in [4.78, 5) is 14.6. The van der Waals surface area contributed by atoms with Gasteiger partial charge in [0, 0.05) is 28.8 Å². The highest BCUT2D eigenvalue weighted by Gasteiger charge is 2.13. The van der Waals surface area contributed by atoms with Gasteiger partial charge in [0.1, 0.15) is 0 Å². The molecule has 0 fully saturated rings. The van der Waals surface area contributed by atoms with Gasteiger partial charge in [0.25, 0.3) is 5.69 Å². The molecule has 0 aliphatic carbocycles. The zero-order valence-corrected chi connectivity index (χ0v) is 11.8. The number of nitro groups is 1. The Kier molecular flexibility index (Phi) is 4.11. The van der Waals surface area contributed by atoms with Crippen LogP contribution in [-0.2, 0) is 6.54 Å². The lowest BCUT2D eigenvalue weighted by molar-refractivity contribution is -0.385. The van der Waals surface area contributed by atoms with E-state index in [1.807, 2.05) is 13.0 Å². The van der Waals surface area contributed by atoms with Crippen molar-refractivity contribution >= 4 is 27.3 Å². The van der Waals surface area contributed by atoms with Crippen molar-refractivity contribution in [2.45, 2.75) is 13.5 Å². The van der Waals surface area contributed by atoms with Gasteiger partial charge in [-0.3, -0.25) is 15.1 Å². The van der Waals surface area contributed by atoms with Crippen LogP contribution in [0.25, 0.3) is 0 Å². The number of halogens is 1. The van der Waals surface area contributed by atoms with E-state index in [2.05, 4.69) is 26.2 Å². The SMILES string of the molecule is Cc1ccncc1NCc1ccc(Br)cc1[N+](=O)[O-]. The number of aromatic nitrogens is 1. The molecule has 0 radical (unpaired) electrons. The number of rotatable bonds is 4. The number of anilines is 1. The highest BCUT2D eigenvalue weighted by atomic mass is 79.9. The van der Waals surface area contributed by atoms with Crippen LogP contribution in [0.15, 0.2) is 41.1 Å². The Morgan fingerprint density at radius 2 is 2.21 bits per heavy atom. The summed E-state index contributed by atoms with van der Waals surface area (Å²) in [5, 5.41) is 14.2. The number of nitrogens with zero attached hydrogens (tertiary/aromatic N) is 2. The zero-order chi connectivity index (χ0) is 13.8. The van der Waals surface area contributed by atoms with Crippen LogP contribution in [0, 0.1) is 17.0 Å². The maximum atomic E-state index is 11.0. The van der Waals surface area contributed by atoms with E-state index in [1.165, 1.54) is 6.07 Å². The molecule has 98 valence electrons. The third-order valence-electron chi connectivity index (χ3n) is 2.75. The van der Waals surface area contributed by atoms with Crippen molar-refractivity contribution < 1.29 is 4.92 Å². The molecule has 0 amide bonds. The molecule has 6 heteroatoms. The minimum atomic E-state index is -0.377. The first-order valence-corrected chi connectivity index (χ1v) is 6.44. The molecule has 1 N–H and O–H groups in total. The zero-order valence-electron chi connectivity index (χ0n) is 10.3. The van der Waals surface area contributed by atoms with E-state index in [4.69, 9.17) is 0 Å². The topological polar surface area (TPSA) is 68.1 Å². The van der Waals surface area contributed by atoms with Gasteiger partial charge in [0.05, 0.1) is 16.8 Å².